The van der Waals surface area contributed by atoms with E-state index in [-0.39, 0.29) is 33.3 Å². The molecule has 3 N–H and O–H groups in total. The number of alkyl halides is 2. The zero-order chi connectivity index (χ0) is 26.9. The van der Waals surface area contributed by atoms with Gasteiger partial charge in [0.25, 0.3) is 0 Å². The Kier molecular flexibility index (Phi) is 7.58. The van der Waals surface area contributed by atoms with Gasteiger partial charge in [0.05, 0.1) is 21.7 Å². The van der Waals surface area contributed by atoms with Crippen molar-refractivity contribution in [2.45, 2.75) is 38.7 Å². The van der Waals surface area contributed by atoms with Gasteiger partial charge in [0, 0.05) is 16.5 Å². The monoisotopic (exact) mass is 535 g/mol. The number of benzene rings is 2. The molecule has 1 aliphatic rings. The number of aryl methyl sites for hydroxylation is 1. The lowest BCUT2D eigenvalue weighted by molar-refractivity contribution is -0.909. The summed E-state index contributed by atoms with van der Waals surface area (Å²) in [6.07, 6.45) is 3.43. The van der Waals surface area contributed by atoms with E-state index >= 15 is 0 Å². The highest BCUT2D eigenvalue weighted by Gasteiger charge is 2.37. The van der Waals surface area contributed by atoms with Gasteiger partial charge in [-0.3, -0.25) is 10.0 Å². The van der Waals surface area contributed by atoms with Gasteiger partial charge in [-0.05, 0) is 61.2 Å². The van der Waals surface area contributed by atoms with Crippen molar-refractivity contribution in [3.63, 3.8) is 0 Å². The van der Waals surface area contributed by atoms with E-state index < -0.39 is 36.0 Å². The fourth-order valence-electron chi connectivity index (χ4n) is 4.14. The van der Waals surface area contributed by atoms with Crippen molar-refractivity contribution in [3.05, 3.63) is 76.3 Å². The molecule has 11 heteroatoms. The summed E-state index contributed by atoms with van der Waals surface area (Å²) in [6, 6.07) is 9.33. The molecule has 3 aromatic rings. The molecule has 37 heavy (non-hydrogen) atoms. The quantitative estimate of drug-likeness (QED) is 0.237. The molecule has 1 fully saturated rings. The van der Waals surface area contributed by atoms with E-state index in [4.69, 9.17) is 16.7 Å². The van der Waals surface area contributed by atoms with Crippen LogP contribution in [0.1, 0.15) is 46.8 Å². The van der Waals surface area contributed by atoms with Crippen LogP contribution in [0, 0.1) is 18.7 Å². The first kappa shape index (κ1) is 26.3. The normalized spacial score (nSPS) is 13.9. The number of carbonyl (C=O) groups excluding carboxylic acids is 1. The second kappa shape index (κ2) is 10.7. The smallest absolute Gasteiger partial charge is 0.387 e. The Balaban J connectivity index is 1.70. The number of halogens is 4. The van der Waals surface area contributed by atoms with Crippen LogP contribution in [0.15, 0.2) is 48.7 Å². The Morgan fingerprint density at radius 1 is 1.19 bits per heavy atom. The van der Waals surface area contributed by atoms with Gasteiger partial charge in [0.2, 0.25) is 17.8 Å². The summed E-state index contributed by atoms with van der Waals surface area (Å²) in [7, 11) is 0. The molecule has 0 spiro atoms. The number of hydrogen-bond donors (Lipinski definition) is 3. The molecule has 0 aliphatic heterocycles. The van der Waals surface area contributed by atoms with Crippen molar-refractivity contribution in [3.8, 4) is 16.9 Å². The molecule has 1 atom stereocenters. The van der Waals surface area contributed by atoms with Crippen LogP contribution in [0.3, 0.4) is 0 Å². The van der Waals surface area contributed by atoms with Crippen LogP contribution in [0.5, 0.6) is 5.75 Å². The maximum Gasteiger partial charge on any atom is 0.387 e. The SMILES string of the molecule is Cc1cc(C(CC2CC2)C(=O)Nc2ccc(C(=O)O)cc2)[n+](O)cc1-c1c(OC(F)F)ccc(Cl)c1F. The maximum atomic E-state index is 14.9. The van der Waals surface area contributed by atoms with Gasteiger partial charge >= 0.3 is 12.6 Å². The number of amides is 1. The molecule has 1 saturated carbocycles. The third-order valence-corrected chi connectivity index (χ3v) is 6.48. The van der Waals surface area contributed by atoms with E-state index in [1.54, 1.807) is 6.92 Å². The number of carboxylic acid groups (broad SMARTS) is 1. The highest BCUT2D eigenvalue weighted by atomic mass is 35.5. The highest BCUT2D eigenvalue weighted by molar-refractivity contribution is 6.31. The van der Waals surface area contributed by atoms with E-state index in [0.29, 0.717) is 22.4 Å². The Bertz CT molecular complexity index is 1350. The minimum absolute atomic E-state index is 0.0525. The number of aromatic nitrogens is 1. The molecule has 0 saturated heterocycles. The molecule has 1 heterocycles. The number of carbonyl (C=O) groups is 2. The van der Waals surface area contributed by atoms with Gasteiger partial charge < -0.3 is 15.2 Å². The number of ether oxygens (including phenoxy) is 1. The van der Waals surface area contributed by atoms with E-state index in [9.17, 15) is 28.0 Å². The fraction of sp³-hybridized carbons (Fsp3) is 0.269. The number of aromatic carboxylic acids is 1. The van der Waals surface area contributed by atoms with Crippen LogP contribution in [0.2, 0.25) is 5.02 Å². The van der Waals surface area contributed by atoms with Gasteiger partial charge in [-0.1, -0.05) is 24.4 Å². The predicted molar refractivity (Wildman–Crippen MR) is 128 cm³/mol. The lowest BCUT2D eigenvalue weighted by Gasteiger charge is -2.17. The standard InChI is InChI=1S/C26H22ClF3N2O5/c1-13-10-20(32(36)12-18(13)22-21(37-26(29)30)9-8-19(27)23(22)28)17(11-14-2-3-14)24(33)31-16-6-4-15(5-7-16)25(34)35/h4-10,12,14,17,26H,2-3,11H2,1H3,(H2-,31,33,34,35,36)/p+1. The van der Waals surface area contributed by atoms with Crippen molar-refractivity contribution < 1.29 is 42.5 Å². The number of nitrogens with one attached hydrogen (secondary N) is 1. The summed E-state index contributed by atoms with van der Waals surface area (Å²) < 4.78 is 46.0. The number of nitrogens with zero attached hydrogens (tertiary/aromatic N) is 1. The Hall–Kier alpha value is -3.79. The minimum Gasteiger partial charge on any atom is -0.478 e. The van der Waals surface area contributed by atoms with E-state index in [1.165, 1.54) is 30.3 Å². The summed E-state index contributed by atoms with van der Waals surface area (Å²) in [6.45, 7) is -1.63. The van der Waals surface area contributed by atoms with E-state index in [1.807, 2.05) is 0 Å². The molecule has 1 aliphatic carbocycles. The van der Waals surface area contributed by atoms with Crippen LogP contribution >= 0.6 is 11.6 Å². The predicted octanol–water partition coefficient (Wildman–Crippen LogP) is 5.80. The van der Waals surface area contributed by atoms with Gasteiger partial charge in [0.1, 0.15) is 11.7 Å². The molecule has 2 aromatic carbocycles. The average Bonchev–Trinajstić information content (AvgIpc) is 3.66. The van der Waals surface area contributed by atoms with Crippen molar-refractivity contribution in [1.29, 1.82) is 0 Å². The van der Waals surface area contributed by atoms with Gasteiger partial charge in [-0.2, -0.15) is 8.78 Å². The topological polar surface area (TPSA) is 99.7 Å². The summed E-state index contributed by atoms with van der Waals surface area (Å²) in [5.74, 6) is -3.50. The zero-order valence-corrected chi connectivity index (χ0v) is 20.3. The molecule has 1 unspecified atom stereocenters. The van der Waals surface area contributed by atoms with Crippen molar-refractivity contribution in [1.82, 2.24) is 0 Å². The summed E-state index contributed by atoms with van der Waals surface area (Å²) in [5.41, 5.74) is 0.753. The number of carboxylic acids is 1. The summed E-state index contributed by atoms with van der Waals surface area (Å²) >= 11 is 5.88. The molecule has 4 rings (SSSR count). The van der Waals surface area contributed by atoms with Crippen molar-refractivity contribution >= 4 is 29.2 Å². The summed E-state index contributed by atoms with van der Waals surface area (Å²) in [4.78, 5) is 24.3. The van der Waals surface area contributed by atoms with Crippen LogP contribution < -0.4 is 14.8 Å². The third kappa shape index (κ3) is 5.96. The van der Waals surface area contributed by atoms with Crippen LogP contribution in [-0.2, 0) is 4.79 Å². The summed E-state index contributed by atoms with van der Waals surface area (Å²) in [5, 5.41) is 22.3. The molecule has 1 aromatic heterocycles. The first-order valence-corrected chi connectivity index (χ1v) is 11.8. The van der Waals surface area contributed by atoms with Crippen molar-refractivity contribution in [2.24, 2.45) is 5.92 Å². The van der Waals surface area contributed by atoms with Gasteiger partial charge in [-0.15, -0.1) is 0 Å². The third-order valence-electron chi connectivity index (χ3n) is 6.19. The first-order chi connectivity index (χ1) is 17.5. The molecule has 0 radical (unpaired) electrons. The highest BCUT2D eigenvalue weighted by Crippen LogP contribution is 2.41. The second-order valence-corrected chi connectivity index (χ2v) is 9.26. The molecule has 1 amide bonds. The van der Waals surface area contributed by atoms with E-state index in [2.05, 4.69) is 10.1 Å². The molecule has 7 nitrogen and oxygen atoms in total. The lowest BCUT2D eigenvalue weighted by atomic mass is 9.93. The molecule has 0 bridgehead atoms. The Morgan fingerprint density at radius 3 is 2.46 bits per heavy atom. The molecule has 194 valence electrons. The van der Waals surface area contributed by atoms with Crippen molar-refractivity contribution in [2.75, 3.05) is 5.32 Å². The number of pyridine rings is 1. The second-order valence-electron chi connectivity index (χ2n) is 8.86. The van der Waals surface area contributed by atoms with Gasteiger partial charge in [-0.25, -0.2) is 9.18 Å². The van der Waals surface area contributed by atoms with Crippen LogP contribution in [0.4, 0.5) is 18.9 Å². The average molecular weight is 536 g/mol. The maximum absolute atomic E-state index is 14.9. The lowest BCUT2D eigenvalue weighted by Crippen LogP contribution is -2.40. The van der Waals surface area contributed by atoms with E-state index in [0.717, 1.165) is 31.2 Å². The molecular formula is C26H23ClF3N2O5+. The number of rotatable bonds is 9. The minimum atomic E-state index is -3.21. The molecular weight excluding hydrogens is 513 g/mol. The first-order valence-electron chi connectivity index (χ1n) is 11.4. The van der Waals surface area contributed by atoms with Crippen LogP contribution in [0.25, 0.3) is 11.1 Å². The largest absolute Gasteiger partial charge is 0.478 e. The zero-order valence-electron chi connectivity index (χ0n) is 19.6. The Labute approximate surface area is 215 Å². The number of anilines is 1. The Morgan fingerprint density at radius 2 is 1.86 bits per heavy atom. The fourth-order valence-corrected chi connectivity index (χ4v) is 4.30. The number of hydrogen-bond acceptors (Lipinski definition) is 4. The van der Waals surface area contributed by atoms with Gasteiger partial charge in [0.15, 0.2) is 5.82 Å². The van der Waals surface area contributed by atoms with Crippen LogP contribution in [-0.4, -0.2) is 28.8 Å².